The zero-order valence-corrected chi connectivity index (χ0v) is 9.50. The van der Waals surface area contributed by atoms with Gasteiger partial charge < -0.3 is 0 Å². The van der Waals surface area contributed by atoms with E-state index in [9.17, 15) is 0 Å². The van der Waals surface area contributed by atoms with Crippen molar-refractivity contribution < 1.29 is 9.78 Å². The molecule has 0 aliphatic carbocycles. The Balaban J connectivity index is 3.82. The highest BCUT2D eigenvalue weighted by Gasteiger charge is 2.25. The molecule has 0 rings (SSSR count). The van der Waals surface area contributed by atoms with Crippen LogP contribution in [-0.2, 0) is 9.78 Å². The summed E-state index contributed by atoms with van der Waals surface area (Å²) in [4.78, 5) is 10.2. The number of alkyl halides is 2. The first-order chi connectivity index (χ1) is 5.33. The quantitative estimate of drug-likeness (QED) is 0.398. The molecule has 12 heavy (non-hydrogen) atoms. The summed E-state index contributed by atoms with van der Waals surface area (Å²) < 4.78 is 0. The van der Waals surface area contributed by atoms with E-state index in [0.29, 0.717) is 11.8 Å². The molecule has 4 heteroatoms. The molecule has 0 bridgehead atoms. The molecule has 0 saturated carbocycles. The van der Waals surface area contributed by atoms with Crippen LogP contribution < -0.4 is 0 Å². The zero-order chi connectivity index (χ0) is 9.83. The molecule has 0 unspecified atom stereocenters. The van der Waals surface area contributed by atoms with E-state index in [1.165, 1.54) is 0 Å². The lowest BCUT2D eigenvalue weighted by Crippen LogP contribution is -2.34. The van der Waals surface area contributed by atoms with E-state index in [1.807, 2.05) is 27.7 Å². The lowest BCUT2D eigenvalue weighted by Gasteiger charge is -2.27. The van der Waals surface area contributed by atoms with E-state index in [0.717, 1.165) is 0 Å². The van der Waals surface area contributed by atoms with Crippen molar-refractivity contribution in [2.75, 3.05) is 11.8 Å². The Hall–Kier alpha value is 0.500. The summed E-state index contributed by atoms with van der Waals surface area (Å²) in [6.07, 6.45) is 0. The van der Waals surface area contributed by atoms with Gasteiger partial charge in [0.05, 0.1) is 11.8 Å². The first-order valence-corrected chi connectivity index (χ1v) is 4.89. The molecule has 2 nitrogen and oxygen atoms in total. The van der Waals surface area contributed by atoms with Crippen molar-refractivity contribution >= 4 is 23.2 Å². The van der Waals surface area contributed by atoms with Gasteiger partial charge in [0.15, 0.2) is 0 Å². The molecule has 0 atom stereocenters. The monoisotopic (exact) mass is 214 g/mol. The van der Waals surface area contributed by atoms with E-state index in [4.69, 9.17) is 33.0 Å². The summed E-state index contributed by atoms with van der Waals surface area (Å²) in [7, 11) is 0. The Bertz CT molecular complexity index is 119. The number of hydrogen-bond donors (Lipinski definition) is 0. The van der Waals surface area contributed by atoms with Crippen molar-refractivity contribution in [2.24, 2.45) is 0 Å². The number of halogens is 2. The van der Waals surface area contributed by atoms with Crippen molar-refractivity contribution in [3.05, 3.63) is 0 Å². The molecule has 0 fully saturated rings. The predicted octanol–water partition coefficient (Wildman–Crippen LogP) is 2.97. The van der Waals surface area contributed by atoms with Crippen LogP contribution in [0.15, 0.2) is 0 Å². The highest BCUT2D eigenvalue weighted by molar-refractivity contribution is 6.18. The van der Waals surface area contributed by atoms with Crippen LogP contribution in [0.1, 0.15) is 27.7 Å². The predicted molar refractivity (Wildman–Crippen MR) is 51.8 cm³/mol. The second kappa shape index (κ2) is 4.66. The van der Waals surface area contributed by atoms with E-state index < -0.39 is 11.2 Å². The summed E-state index contributed by atoms with van der Waals surface area (Å²) in [5.74, 6) is 0.761. The van der Waals surface area contributed by atoms with E-state index in [-0.39, 0.29) is 0 Å². The Labute approximate surface area is 84.1 Å². The minimum absolute atomic E-state index is 0.380. The molecule has 0 aromatic heterocycles. The first-order valence-electron chi connectivity index (χ1n) is 3.82. The fourth-order valence-corrected chi connectivity index (χ4v) is 0.359. The van der Waals surface area contributed by atoms with Gasteiger partial charge in [0, 0.05) is 0 Å². The van der Waals surface area contributed by atoms with Gasteiger partial charge in [-0.05, 0) is 27.7 Å². The summed E-state index contributed by atoms with van der Waals surface area (Å²) >= 11 is 11.3. The Morgan fingerprint density at radius 3 is 1.25 bits per heavy atom. The van der Waals surface area contributed by atoms with Crippen molar-refractivity contribution in [3.8, 4) is 0 Å². The zero-order valence-electron chi connectivity index (χ0n) is 7.99. The van der Waals surface area contributed by atoms with Crippen molar-refractivity contribution in [3.63, 3.8) is 0 Å². The maximum absolute atomic E-state index is 5.63. The van der Waals surface area contributed by atoms with Crippen LogP contribution in [-0.4, -0.2) is 23.0 Å². The Kier molecular flexibility index (Phi) is 4.85. The molecule has 0 radical (unpaired) electrons. The molecule has 0 aromatic carbocycles. The van der Waals surface area contributed by atoms with Gasteiger partial charge >= 0.3 is 0 Å². The highest BCUT2D eigenvalue weighted by Crippen LogP contribution is 2.18. The van der Waals surface area contributed by atoms with Crippen LogP contribution in [0.4, 0.5) is 0 Å². The summed E-state index contributed by atoms with van der Waals surface area (Å²) in [6, 6.07) is 0. The Morgan fingerprint density at radius 2 is 1.08 bits per heavy atom. The van der Waals surface area contributed by atoms with Gasteiger partial charge in [0.1, 0.15) is 11.2 Å². The lowest BCUT2D eigenvalue weighted by atomic mass is 10.2. The fraction of sp³-hybridized carbons (Fsp3) is 1.00. The van der Waals surface area contributed by atoms with Crippen molar-refractivity contribution in [1.82, 2.24) is 0 Å². The molecule has 74 valence electrons. The maximum atomic E-state index is 5.63. The first kappa shape index (κ1) is 12.5. The SMILES string of the molecule is CC(C)(CCl)OOC(C)(C)CCl. The standard InChI is InChI=1S/C8H16Cl2O2/c1-7(2,5-9)11-12-8(3,4)6-10/h5-6H2,1-4H3. The Morgan fingerprint density at radius 1 is 0.833 bits per heavy atom. The molecule has 0 aliphatic heterocycles. The minimum atomic E-state index is -0.467. The number of hydrogen-bond acceptors (Lipinski definition) is 2. The second-order valence-corrected chi connectivity index (χ2v) is 4.49. The molecule has 0 spiro atoms. The normalized spacial score (nSPS) is 13.5. The third kappa shape index (κ3) is 5.20. The van der Waals surface area contributed by atoms with Gasteiger partial charge in [0.2, 0.25) is 0 Å². The fourth-order valence-electron chi connectivity index (χ4n) is 0.270. The van der Waals surface area contributed by atoms with Gasteiger partial charge in [-0.15, -0.1) is 23.2 Å². The summed E-state index contributed by atoms with van der Waals surface area (Å²) in [5.41, 5.74) is -0.935. The molecule has 0 aromatic rings. The number of rotatable bonds is 5. The van der Waals surface area contributed by atoms with E-state index in [1.54, 1.807) is 0 Å². The van der Waals surface area contributed by atoms with Gasteiger partial charge in [-0.25, -0.2) is 9.78 Å². The van der Waals surface area contributed by atoms with Gasteiger partial charge in [-0.1, -0.05) is 0 Å². The van der Waals surface area contributed by atoms with Crippen LogP contribution in [0, 0.1) is 0 Å². The van der Waals surface area contributed by atoms with Crippen LogP contribution in [0.5, 0.6) is 0 Å². The summed E-state index contributed by atoms with van der Waals surface area (Å²) in [6.45, 7) is 7.41. The van der Waals surface area contributed by atoms with Crippen molar-refractivity contribution in [1.29, 1.82) is 0 Å². The molecule has 0 amide bonds. The molecule has 0 N–H and O–H groups in total. The van der Waals surface area contributed by atoms with Gasteiger partial charge in [-0.3, -0.25) is 0 Å². The van der Waals surface area contributed by atoms with E-state index in [2.05, 4.69) is 0 Å². The topological polar surface area (TPSA) is 18.5 Å². The highest BCUT2D eigenvalue weighted by atomic mass is 35.5. The van der Waals surface area contributed by atoms with Crippen LogP contribution >= 0.6 is 23.2 Å². The average molecular weight is 215 g/mol. The molecular formula is C8H16Cl2O2. The smallest absolute Gasteiger partial charge is 0.111 e. The molecule has 0 saturated heterocycles. The van der Waals surface area contributed by atoms with Crippen LogP contribution in [0.2, 0.25) is 0 Å². The summed E-state index contributed by atoms with van der Waals surface area (Å²) in [5, 5.41) is 0. The molecular weight excluding hydrogens is 199 g/mol. The third-order valence-electron chi connectivity index (χ3n) is 1.14. The minimum Gasteiger partial charge on any atom is -0.229 e. The van der Waals surface area contributed by atoms with Crippen LogP contribution in [0.3, 0.4) is 0 Å². The van der Waals surface area contributed by atoms with Crippen LogP contribution in [0.25, 0.3) is 0 Å². The third-order valence-corrected chi connectivity index (χ3v) is 2.42. The molecule has 0 aliphatic rings. The van der Waals surface area contributed by atoms with Gasteiger partial charge in [0.25, 0.3) is 0 Å². The maximum Gasteiger partial charge on any atom is 0.111 e. The molecule has 0 heterocycles. The largest absolute Gasteiger partial charge is 0.229 e. The van der Waals surface area contributed by atoms with Gasteiger partial charge in [-0.2, -0.15) is 0 Å². The van der Waals surface area contributed by atoms with E-state index >= 15 is 0 Å². The van der Waals surface area contributed by atoms with Crippen molar-refractivity contribution in [2.45, 2.75) is 38.9 Å². The lowest BCUT2D eigenvalue weighted by molar-refractivity contribution is -0.391. The average Bonchev–Trinajstić information content (AvgIpc) is 2.02. The second-order valence-electron chi connectivity index (χ2n) is 3.95.